The van der Waals surface area contributed by atoms with Crippen LogP contribution in [-0.4, -0.2) is 40.0 Å². The number of carboxylic acids is 1. The predicted molar refractivity (Wildman–Crippen MR) is 118 cm³/mol. The van der Waals surface area contributed by atoms with Gasteiger partial charge in [-0.15, -0.1) is 0 Å². The van der Waals surface area contributed by atoms with Gasteiger partial charge in [0.05, 0.1) is 23.8 Å². The van der Waals surface area contributed by atoms with Crippen molar-refractivity contribution in [1.29, 1.82) is 0 Å². The van der Waals surface area contributed by atoms with Gasteiger partial charge in [-0.2, -0.15) is 0 Å². The number of oxime groups is 1. The number of nitrogens with zero attached hydrogens (tertiary/aromatic N) is 1. The van der Waals surface area contributed by atoms with E-state index >= 15 is 0 Å². The zero-order chi connectivity index (χ0) is 22.8. The van der Waals surface area contributed by atoms with Crippen LogP contribution in [0.15, 0.2) is 47.6 Å². The van der Waals surface area contributed by atoms with Crippen molar-refractivity contribution in [2.45, 2.75) is 45.8 Å². The molecule has 0 heterocycles. The van der Waals surface area contributed by atoms with E-state index in [0.29, 0.717) is 46.2 Å². The number of aliphatic carboxylic acids is 1. The largest absolute Gasteiger partial charge is 0.481 e. The summed E-state index contributed by atoms with van der Waals surface area (Å²) in [6.07, 6.45) is 1.29. The Kier molecular flexibility index (Phi) is 9.62. The Balaban J connectivity index is 2.15. The van der Waals surface area contributed by atoms with E-state index in [1.807, 2.05) is 13.8 Å². The topological polar surface area (TPSA) is 109 Å². The summed E-state index contributed by atoms with van der Waals surface area (Å²) in [6, 6.07) is 11.9. The standard InChI is InChI=1S/C23H28ClNO6/c1-3-6-17(14-26)23(25-29)16-7-5-8-18(13-16)30-22(4-2)31-20-10-9-15(11-19(20)24)12-21(27)28/h5,7-11,13,17,22,26,29H,3-4,6,12,14H2,1-2H3,(H,27,28)/b25-23+. The molecular weight excluding hydrogens is 422 g/mol. The molecule has 8 heteroatoms. The third-order valence-electron chi connectivity index (χ3n) is 4.69. The van der Waals surface area contributed by atoms with Gasteiger partial charge in [-0.05, 0) is 36.2 Å². The minimum Gasteiger partial charge on any atom is -0.481 e. The van der Waals surface area contributed by atoms with Gasteiger partial charge in [-0.1, -0.05) is 55.2 Å². The molecule has 2 unspecified atom stereocenters. The van der Waals surface area contributed by atoms with Gasteiger partial charge in [-0.3, -0.25) is 4.79 Å². The second kappa shape index (κ2) is 12.2. The highest BCUT2D eigenvalue weighted by Gasteiger charge is 2.19. The number of benzene rings is 2. The lowest BCUT2D eigenvalue weighted by Gasteiger charge is -2.21. The van der Waals surface area contributed by atoms with Crippen LogP contribution in [0.1, 0.15) is 44.2 Å². The summed E-state index contributed by atoms with van der Waals surface area (Å²) in [5.74, 6) is -0.309. The monoisotopic (exact) mass is 449 g/mol. The number of rotatable bonds is 12. The molecule has 0 amide bonds. The van der Waals surface area contributed by atoms with E-state index in [-0.39, 0.29) is 18.9 Å². The Labute approximate surface area is 186 Å². The van der Waals surface area contributed by atoms with E-state index in [1.54, 1.807) is 42.5 Å². The summed E-state index contributed by atoms with van der Waals surface area (Å²) in [7, 11) is 0. The summed E-state index contributed by atoms with van der Waals surface area (Å²) >= 11 is 6.24. The van der Waals surface area contributed by atoms with Crippen LogP contribution in [0.5, 0.6) is 11.5 Å². The van der Waals surface area contributed by atoms with Crippen LogP contribution in [0, 0.1) is 5.92 Å². The Hall–Kier alpha value is -2.77. The molecule has 0 aromatic heterocycles. The van der Waals surface area contributed by atoms with Gasteiger partial charge >= 0.3 is 5.97 Å². The number of hydrogen-bond donors (Lipinski definition) is 3. The highest BCUT2D eigenvalue weighted by molar-refractivity contribution is 6.32. The lowest BCUT2D eigenvalue weighted by molar-refractivity contribution is -0.136. The average molecular weight is 450 g/mol. The molecule has 0 radical (unpaired) electrons. The third kappa shape index (κ3) is 7.15. The van der Waals surface area contributed by atoms with Crippen molar-refractivity contribution in [3.05, 3.63) is 58.6 Å². The van der Waals surface area contributed by atoms with E-state index in [1.165, 1.54) is 0 Å². The van der Waals surface area contributed by atoms with Crippen molar-refractivity contribution >= 4 is 23.3 Å². The molecule has 0 saturated heterocycles. The molecule has 0 bridgehead atoms. The van der Waals surface area contributed by atoms with E-state index in [4.69, 9.17) is 26.2 Å². The van der Waals surface area contributed by atoms with Gasteiger partial charge in [0, 0.05) is 17.9 Å². The molecule has 0 aliphatic carbocycles. The molecule has 0 aliphatic heterocycles. The maximum Gasteiger partial charge on any atom is 0.307 e. The number of ether oxygens (including phenoxy) is 2. The van der Waals surface area contributed by atoms with Crippen molar-refractivity contribution in [2.24, 2.45) is 11.1 Å². The number of halogens is 1. The lowest BCUT2D eigenvalue weighted by atomic mass is 9.93. The van der Waals surface area contributed by atoms with Crippen LogP contribution < -0.4 is 9.47 Å². The van der Waals surface area contributed by atoms with Gasteiger partial charge < -0.3 is 24.9 Å². The third-order valence-corrected chi connectivity index (χ3v) is 4.99. The van der Waals surface area contributed by atoms with Crippen LogP contribution in [0.3, 0.4) is 0 Å². The fourth-order valence-electron chi connectivity index (χ4n) is 3.18. The van der Waals surface area contributed by atoms with Gasteiger partial charge in [0.1, 0.15) is 11.5 Å². The molecular formula is C23H28ClNO6. The Morgan fingerprint density at radius 2 is 1.94 bits per heavy atom. The summed E-state index contributed by atoms with van der Waals surface area (Å²) in [5, 5.41) is 31.7. The second-order valence-electron chi connectivity index (χ2n) is 7.09. The van der Waals surface area contributed by atoms with E-state index in [9.17, 15) is 15.1 Å². The van der Waals surface area contributed by atoms with Gasteiger partial charge in [0.2, 0.25) is 6.29 Å². The number of aliphatic hydroxyl groups excluding tert-OH is 1. The number of carboxylic acid groups (broad SMARTS) is 1. The van der Waals surface area contributed by atoms with Crippen LogP contribution in [0.2, 0.25) is 5.02 Å². The van der Waals surface area contributed by atoms with E-state index in [2.05, 4.69) is 5.16 Å². The minimum absolute atomic E-state index is 0.116. The lowest BCUT2D eigenvalue weighted by Crippen LogP contribution is -2.24. The summed E-state index contributed by atoms with van der Waals surface area (Å²) in [5.41, 5.74) is 1.63. The maximum atomic E-state index is 10.9. The van der Waals surface area contributed by atoms with E-state index in [0.717, 1.165) is 6.42 Å². The number of hydrogen-bond acceptors (Lipinski definition) is 6. The zero-order valence-electron chi connectivity index (χ0n) is 17.6. The van der Waals surface area contributed by atoms with E-state index < -0.39 is 12.3 Å². The highest BCUT2D eigenvalue weighted by atomic mass is 35.5. The van der Waals surface area contributed by atoms with Gasteiger partial charge in [0.15, 0.2) is 0 Å². The molecule has 31 heavy (non-hydrogen) atoms. The molecule has 0 spiro atoms. The molecule has 2 atom stereocenters. The summed E-state index contributed by atoms with van der Waals surface area (Å²) < 4.78 is 11.8. The quantitative estimate of drug-likeness (QED) is 0.187. The van der Waals surface area contributed by atoms with Crippen LogP contribution in [0.25, 0.3) is 0 Å². The smallest absolute Gasteiger partial charge is 0.307 e. The van der Waals surface area contributed by atoms with Crippen molar-refractivity contribution in [2.75, 3.05) is 6.61 Å². The maximum absolute atomic E-state index is 10.9. The molecule has 0 fully saturated rings. The SMILES string of the molecule is CCCC(CO)/C(=N/O)c1cccc(OC(CC)Oc2ccc(CC(=O)O)cc2Cl)c1. The van der Waals surface area contributed by atoms with Crippen molar-refractivity contribution < 1.29 is 29.7 Å². The van der Waals surface area contributed by atoms with Crippen LogP contribution >= 0.6 is 11.6 Å². The first-order valence-corrected chi connectivity index (χ1v) is 10.6. The fraction of sp³-hybridized carbons (Fsp3) is 0.391. The van der Waals surface area contributed by atoms with Crippen LogP contribution in [0.4, 0.5) is 0 Å². The number of aliphatic hydroxyl groups is 1. The molecule has 0 aliphatic rings. The minimum atomic E-state index is -0.937. The molecule has 7 nitrogen and oxygen atoms in total. The number of carbonyl (C=O) groups is 1. The Morgan fingerprint density at radius 1 is 1.16 bits per heavy atom. The Bertz CT molecular complexity index is 901. The predicted octanol–water partition coefficient (Wildman–Crippen LogP) is 4.75. The summed E-state index contributed by atoms with van der Waals surface area (Å²) in [4.78, 5) is 10.9. The Morgan fingerprint density at radius 3 is 2.52 bits per heavy atom. The highest BCUT2D eigenvalue weighted by Crippen LogP contribution is 2.28. The van der Waals surface area contributed by atoms with Gasteiger partial charge in [-0.25, -0.2) is 0 Å². The first-order valence-electron chi connectivity index (χ1n) is 10.2. The fourth-order valence-corrected chi connectivity index (χ4v) is 3.42. The zero-order valence-corrected chi connectivity index (χ0v) is 18.4. The molecule has 0 saturated carbocycles. The van der Waals surface area contributed by atoms with Crippen LogP contribution in [-0.2, 0) is 11.2 Å². The normalized spacial score (nSPS) is 13.5. The molecule has 168 valence electrons. The first-order chi connectivity index (χ1) is 14.9. The molecule has 3 N–H and O–H groups in total. The average Bonchev–Trinajstić information content (AvgIpc) is 2.74. The second-order valence-corrected chi connectivity index (χ2v) is 7.50. The summed E-state index contributed by atoms with van der Waals surface area (Å²) in [6.45, 7) is 3.78. The first kappa shape index (κ1) is 24.5. The molecule has 2 aromatic carbocycles. The molecule has 2 rings (SSSR count). The van der Waals surface area contributed by atoms with Crippen molar-refractivity contribution in [3.8, 4) is 11.5 Å². The van der Waals surface area contributed by atoms with Crippen molar-refractivity contribution in [3.63, 3.8) is 0 Å². The van der Waals surface area contributed by atoms with Gasteiger partial charge in [0.25, 0.3) is 0 Å². The van der Waals surface area contributed by atoms with Crippen molar-refractivity contribution in [1.82, 2.24) is 0 Å². The molecule has 2 aromatic rings.